The van der Waals surface area contributed by atoms with E-state index in [1.54, 1.807) is 11.8 Å². The minimum absolute atomic E-state index is 0.0933. The Morgan fingerprint density at radius 3 is 2.76 bits per heavy atom. The smallest absolute Gasteiger partial charge is 0.338 e. The van der Waals surface area contributed by atoms with Crippen molar-refractivity contribution in [2.45, 2.75) is 66.0 Å². The second-order valence-corrected chi connectivity index (χ2v) is 9.71. The Morgan fingerprint density at radius 2 is 2.06 bits per heavy atom. The number of hydrogen-bond acceptors (Lipinski definition) is 7. The molecule has 4 rings (SSSR count). The third-order valence-corrected chi connectivity index (χ3v) is 7.04. The van der Waals surface area contributed by atoms with Crippen molar-refractivity contribution < 1.29 is 19.0 Å². The van der Waals surface area contributed by atoms with Crippen molar-refractivity contribution in [1.29, 1.82) is 0 Å². The van der Waals surface area contributed by atoms with Gasteiger partial charge >= 0.3 is 5.97 Å². The molecule has 1 aromatic carbocycles. The molecule has 2 aliphatic rings. The third kappa shape index (κ3) is 4.63. The molecule has 1 fully saturated rings. The Labute approximate surface area is 201 Å². The van der Waals surface area contributed by atoms with Crippen LogP contribution in [0.25, 0.3) is 0 Å². The average molecular weight is 469 g/mol. The summed E-state index contributed by atoms with van der Waals surface area (Å²) in [5.41, 5.74) is 2.09. The van der Waals surface area contributed by atoms with Crippen LogP contribution in [0.4, 0.5) is 5.95 Å². The number of nitrogens with one attached hydrogen (secondary N) is 1. The maximum atomic E-state index is 13.8. The lowest BCUT2D eigenvalue weighted by atomic mass is 9.75. The van der Waals surface area contributed by atoms with E-state index in [1.165, 1.54) is 12.7 Å². The van der Waals surface area contributed by atoms with Crippen molar-refractivity contribution in [2.75, 3.05) is 19.0 Å². The van der Waals surface area contributed by atoms with Crippen molar-refractivity contribution in [3.63, 3.8) is 0 Å². The Morgan fingerprint density at radius 1 is 1.26 bits per heavy atom. The predicted molar refractivity (Wildman–Crippen MR) is 130 cm³/mol. The minimum atomic E-state index is -0.491. The first-order valence-corrected chi connectivity index (χ1v) is 12.2. The molecule has 4 unspecified atom stereocenters. The maximum Gasteiger partial charge on any atom is 0.338 e. The zero-order chi connectivity index (χ0) is 24.4. The maximum absolute atomic E-state index is 13.8. The molecule has 1 saturated carbocycles. The van der Waals surface area contributed by atoms with Crippen LogP contribution in [0, 0.1) is 17.8 Å². The molecule has 2 heterocycles. The van der Waals surface area contributed by atoms with E-state index in [1.807, 2.05) is 32.0 Å². The molecule has 0 radical (unpaired) electrons. The number of esters is 1. The standard InChI is InChI=1S/C26H36N4O4/c1-7-33-20-11-9-18(13-22(20)32-6)24-23(17(5)29-26-27-14-28-30(24)26)25(31)34-21-12-16(4)8-10-19(21)15(2)3/h9,11,13-16,19,21,24H,7-8,10,12H2,1-6H3,(H,27,28,29). The zero-order valence-corrected chi connectivity index (χ0v) is 21.0. The highest BCUT2D eigenvalue weighted by molar-refractivity contribution is 5.92. The highest BCUT2D eigenvalue weighted by Gasteiger charge is 2.39. The molecule has 8 nitrogen and oxygen atoms in total. The molecule has 0 amide bonds. The van der Waals surface area contributed by atoms with Crippen molar-refractivity contribution in [1.82, 2.24) is 14.8 Å². The highest BCUT2D eigenvalue weighted by atomic mass is 16.5. The molecule has 1 aliphatic heterocycles. The van der Waals surface area contributed by atoms with Gasteiger partial charge in [0.2, 0.25) is 5.95 Å². The summed E-state index contributed by atoms with van der Waals surface area (Å²) in [7, 11) is 1.61. The molecule has 1 N–H and O–H groups in total. The Kier molecular flexibility index (Phi) is 7.14. The van der Waals surface area contributed by atoms with Crippen LogP contribution in [0.2, 0.25) is 0 Å². The van der Waals surface area contributed by atoms with Crippen molar-refractivity contribution in [3.05, 3.63) is 41.4 Å². The van der Waals surface area contributed by atoms with Gasteiger partial charge in [-0.15, -0.1) is 0 Å². The molecule has 184 valence electrons. The molecule has 34 heavy (non-hydrogen) atoms. The van der Waals surface area contributed by atoms with Gasteiger partial charge in [0.05, 0.1) is 19.3 Å². The number of anilines is 1. The normalized spacial score (nSPS) is 24.4. The molecule has 0 bridgehead atoms. The van der Waals surface area contributed by atoms with Crippen LogP contribution < -0.4 is 14.8 Å². The number of nitrogens with zero attached hydrogens (tertiary/aromatic N) is 3. The lowest BCUT2D eigenvalue weighted by molar-refractivity contribution is -0.151. The van der Waals surface area contributed by atoms with E-state index >= 15 is 0 Å². The molecule has 1 aromatic heterocycles. The summed E-state index contributed by atoms with van der Waals surface area (Å²) in [4.78, 5) is 18.1. The topological polar surface area (TPSA) is 87.5 Å². The fourth-order valence-corrected chi connectivity index (χ4v) is 5.24. The van der Waals surface area contributed by atoms with Crippen LogP contribution in [0.15, 0.2) is 35.8 Å². The average Bonchev–Trinajstić information content (AvgIpc) is 3.26. The lowest BCUT2D eigenvalue weighted by Gasteiger charge is -2.37. The Hall–Kier alpha value is -3.03. The van der Waals surface area contributed by atoms with Crippen LogP contribution >= 0.6 is 0 Å². The quantitative estimate of drug-likeness (QED) is 0.574. The van der Waals surface area contributed by atoms with Gasteiger partial charge in [-0.05, 0) is 62.1 Å². The van der Waals surface area contributed by atoms with E-state index in [4.69, 9.17) is 14.2 Å². The summed E-state index contributed by atoms with van der Waals surface area (Å²) in [5, 5.41) is 7.65. The summed E-state index contributed by atoms with van der Waals surface area (Å²) in [6.07, 6.45) is 4.55. The number of fused-ring (bicyclic) bond motifs is 1. The van der Waals surface area contributed by atoms with E-state index in [-0.39, 0.29) is 12.1 Å². The molecular weight excluding hydrogens is 432 g/mol. The van der Waals surface area contributed by atoms with E-state index < -0.39 is 6.04 Å². The first-order chi connectivity index (χ1) is 16.3. The molecule has 0 saturated heterocycles. The minimum Gasteiger partial charge on any atom is -0.493 e. The SMILES string of the molecule is CCOc1ccc(C2C(C(=O)OC3CC(C)CCC3C(C)C)=C(C)Nc3ncnn32)cc1OC. The third-order valence-electron chi connectivity index (χ3n) is 7.04. The molecule has 8 heteroatoms. The largest absolute Gasteiger partial charge is 0.493 e. The van der Waals surface area contributed by atoms with Gasteiger partial charge in [-0.3, -0.25) is 0 Å². The highest BCUT2D eigenvalue weighted by Crippen LogP contribution is 2.41. The van der Waals surface area contributed by atoms with E-state index in [9.17, 15) is 4.79 Å². The van der Waals surface area contributed by atoms with Crippen molar-refractivity contribution in [3.8, 4) is 11.5 Å². The van der Waals surface area contributed by atoms with Crippen molar-refractivity contribution in [2.24, 2.45) is 17.8 Å². The first-order valence-electron chi connectivity index (χ1n) is 12.2. The Bertz CT molecular complexity index is 1060. The summed E-state index contributed by atoms with van der Waals surface area (Å²) >= 11 is 0. The van der Waals surface area contributed by atoms with Gasteiger partial charge in [-0.25, -0.2) is 9.48 Å². The van der Waals surface area contributed by atoms with Crippen LogP contribution in [0.1, 0.15) is 65.5 Å². The molecule has 1 aliphatic carbocycles. The molecule has 0 spiro atoms. The van der Waals surface area contributed by atoms with Crippen LogP contribution in [-0.2, 0) is 9.53 Å². The van der Waals surface area contributed by atoms with E-state index in [0.717, 1.165) is 18.4 Å². The number of benzene rings is 1. The van der Waals surface area contributed by atoms with Gasteiger partial charge in [0.1, 0.15) is 18.5 Å². The summed E-state index contributed by atoms with van der Waals surface area (Å²) in [6, 6.07) is 5.21. The monoisotopic (exact) mass is 468 g/mol. The van der Waals surface area contributed by atoms with Crippen LogP contribution in [0.3, 0.4) is 0 Å². The second-order valence-electron chi connectivity index (χ2n) is 9.71. The summed E-state index contributed by atoms with van der Waals surface area (Å²) < 4.78 is 19.2. The Balaban J connectivity index is 1.71. The van der Waals surface area contributed by atoms with Crippen molar-refractivity contribution >= 4 is 11.9 Å². The fraction of sp³-hybridized carbons (Fsp3) is 0.577. The molecule has 2 aromatic rings. The van der Waals surface area contributed by atoms with Gasteiger partial charge in [0.25, 0.3) is 0 Å². The van der Waals surface area contributed by atoms with Crippen LogP contribution in [-0.4, -0.2) is 40.6 Å². The second kappa shape index (κ2) is 10.1. The first kappa shape index (κ1) is 24.1. The number of rotatable bonds is 7. The van der Waals surface area contributed by atoms with E-state index in [2.05, 4.69) is 36.2 Å². The number of methoxy groups -OCH3 is 1. The lowest BCUT2D eigenvalue weighted by Crippen LogP contribution is -2.38. The summed E-state index contributed by atoms with van der Waals surface area (Å²) in [5.74, 6) is 2.89. The predicted octanol–water partition coefficient (Wildman–Crippen LogP) is 4.98. The van der Waals surface area contributed by atoms with Gasteiger partial charge in [0.15, 0.2) is 11.5 Å². The number of aromatic nitrogens is 3. The number of allylic oxidation sites excluding steroid dienone is 1. The fourth-order valence-electron chi connectivity index (χ4n) is 5.24. The number of carbonyl (C=O) groups is 1. The van der Waals surface area contributed by atoms with Gasteiger partial charge in [-0.2, -0.15) is 10.1 Å². The zero-order valence-electron chi connectivity index (χ0n) is 21.0. The number of carbonyl (C=O) groups excluding carboxylic acids is 1. The van der Waals surface area contributed by atoms with Gasteiger partial charge in [-0.1, -0.05) is 33.3 Å². The number of hydrogen-bond donors (Lipinski definition) is 1. The molecule has 4 atom stereocenters. The van der Waals surface area contributed by atoms with E-state index in [0.29, 0.717) is 53.1 Å². The van der Waals surface area contributed by atoms with Crippen LogP contribution in [0.5, 0.6) is 11.5 Å². The number of ether oxygens (including phenoxy) is 3. The summed E-state index contributed by atoms with van der Waals surface area (Å²) in [6.45, 7) is 11.0. The van der Waals surface area contributed by atoms with Gasteiger partial charge < -0.3 is 19.5 Å². The van der Waals surface area contributed by atoms with Gasteiger partial charge in [0, 0.05) is 5.70 Å². The molecular formula is C26H36N4O4.